The Hall–Kier alpha value is -2.44. The molecule has 7 nitrogen and oxygen atoms in total. The fourth-order valence-corrected chi connectivity index (χ4v) is 1.53. The quantitative estimate of drug-likeness (QED) is 0.619. The number of rotatable bonds is 5. The van der Waals surface area contributed by atoms with Crippen LogP contribution in [0.4, 0.5) is 5.69 Å². The smallest absolute Gasteiger partial charge is 0.326 e. The zero-order chi connectivity index (χ0) is 14.6. The minimum atomic E-state index is -1.14. The van der Waals surface area contributed by atoms with E-state index in [0.29, 0.717) is 5.56 Å². The third-order valence-corrected chi connectivity index (χ3v) is 2.68. The molecule has 2 N–H and O–H groups in total. The number of hydrogen-bond donors (Lipinski definition) is 2. The third kappa shape index (κ3) is 3.51. The summed E-state index contributed by atoms with van der Waals surface area (Å²) in [6.07, 6.45) is 0.231. The van der Waals surface area contributed by atoms with E-state index in [1.807, 2.05) is 0 Å². The lowest BCUT2D eigenvalue weighted by Gasteiger charge is -2.12. The molecule has 1 aromatic carbocycles. The first-order valence-electron chi connectivity index (χ1n) is 5.65. The highest BCUT2D eigenvalue weighted by molar-refractivity contribution is 5.97. The summed E-state index contributed by atoms with van der Waals surface area (Å²) in [5.74, 6) is -1.78. The summed E-state index contributed by atoms with van der Waals surface area (Å²) in [6.45, 7) is 3.18. The number of benzene rings is 1. The fourth-order valence-electron chi connectivity index (χ4n) is 1.53. The first kappa shape index (κ1) is 14.6. The van der Waals surface area contributed by atoms with E-state index in [1.165, 1.54) is 12.1 Å². The van der Waals surface area contributed by atoms with Gasteiger partial charge in [0.25, 0.3) is 11.6 Å². The Morgan fingerprint density at radius 2 is 2.11 bits per heavy atom. The highest BCUT2D eigenvalue weighted by Gasteiger charge is 2.20. The summed E-state index contributed by atoms with van der Waals surface area (Å²) in [7, 11) is 0. The van der Waals surface area contributed by atoms with Gasteiger partial charge in [0.15, 0.2) is 0 Å². The molecule has 1 unspecified atom stereocenters. The molecule has 102 valence electrons. The SMILES string of the molecule is CCC(NC(=O)c1ccc(C)c([N+](=O)[O-])c1)C(=O)O. The van der Waals surface area contributed by atoms with Gasteiger partial charge >= 0.3 is 5.97 Å². The zero-order valence-corrected chi connectivity index (χ0v) is 10.5. The van der Waals surface area contributed by atoms with E-state index >= 15 is 0 Å². The van der Waals surface area contributed by atoms with E-state index in [-0.39, 0.29) is 17.7 Å². The number of nitrogens with one attached hydrogen (secondary N) is 1. The van der Waals surface area contributed by atoms with Crippen molar-refractivity contribution in [1.82, 2.24) is 5.32 Å². The molecule has 19 heavy (non-hydrogen) atoms. The Balaban J connectivity index is 2.97. The monoisotopic (exact) mass is 266 g/mol. The molecule has 0 heterocycles. The molecule has 0 saturated heterocycles. The molecule has 0 saturated carbocycles. The summed E-state index contributed by atoms with van der Waals surface area (Å²) < 4.78 is 0. The number of carboxylic acids is 1. The molecule has 1 rings (SSSR count). The van der Waals surface area contributed by atoms with E-state index in [0.717, 1.165) is 6.07 Å². The van der Waals surface area contributed by atoms with Crippen LogP contribution in [-0.4, -0.2) is 27.9 Å². The van der Waals surface area contributed by atoms with Crippen LogP contribution in [0.1, 0.15) is 29.3 Å². The Bertz CT molecular complexity index is 527. The summed E-state index contributed by atoms with van der Waals surface area (Å²) in [6, 6.07) is 3.01. The number of aryl methyl sites for hydroxylation is 1. The van der Waals surface area contributed by atoms with Crippen LogP contribution < -0.4 is 5.32 Å². The number of carbonyl (C=O) groups is 2. The van der Waals surface area contributed by atoms with Crippen molar-refractivity contribution in [3.8, 4) is 0 Å². The maximum absolute atomic E-state index is 11.8. The number of carbonyl (C=O) groups excluding carboxylic acids is 1. The lowest BCUT2D eigenvalue weighted by atomic mass is 10.1. The van der Waals surface area contributed by atoms with Gasteiger partial charge in [-0.3, -0.25) is 14.9 Å². The summed E-state index contributed by atoms with van der Waals surface area (Å²) in [5, 5.41) is 21.9. The Labute approximate surface area is 109 Å². The van der Waals surface area contributed by atoms with E-state index in [4.69, 9.17) is 5.11 Å². The molecule has 1 aromatic rings. The zero-order valence-electron chi connectivity index (χ0n) is 10.5. The molecule has 0 aromatic heterocycles. The minimum absolute atomic E-state index is 0.0667. The molecule has 0 aliphatic rings. The van der Waals surface area contributed by atoms with Crippen LogP contribution in [0.5, 0.6) is 0 Å². The van der Waals surface area contributed by atoms with Crippen LogP contribution >= 0.6 is 0 Å². The second-order valence-corrected chi connectivity index (χ2v) is 4.03. The van der Waals surface area contributed by atoms with E-state index in [1.54, 1.807) is 13.8 Å². The Kier molecular flexibility index (Phi) is 4.57. The second kappa shape index (κ2) is 5.94. The highest BCUT2D eigenvalue weighted by Crippen LogP contribution is 2.19. The fraction of sp³-hybridized carbons (Fsp3) is 0.333. The van der Waals surface area contributed by atoms with Crippen LogP contribution in [0.3, 0.4) is 0 Å². The number of nitro benzene ring substituents is 1. The lowest BCUT2D eigenvalue weighted by Crippen LogP contribution is -2.40. The number of hydrogen-bond acceptors (Lipinski definition) is 4. The lowest BCUT2D eigenvalue weighted by molar-refractivity contribution is -0.385. The molecule has 1 amide bonds. The van der Waals surface area contributed by atoms with Crippen molar-refractivity contribution in [2.45, 2.75) is 26.3 Å². The van der Waals surface area contributed by atoms with Crippen molar-refractivity contribution in [2.24, 2.45) is 0 Å². The molecule has 0 aliphatic carbocycles. The van der Waals surface area contributed by atoms with Crippen molar-refractivity contribution in [3.63, 3.8) is 0 Å². The molecule has 0 spiro atoms. The summed E-state index contributed by atoms with van der Waals surface area (Å²) in [5.41, 5.74) is 0.333. The van der Waals surface area contributed by atoms with Gasteiger partial charge < -0.3 is 10.4 Å². The van der Waals surface area contributed by atoms with Crippen LogP contribution in [0.25, 0.3) is 0 Å². The van der Waals surface area contributed by atoms with Crippen LogP contribution in [0.15, 0.2) is 18.2 Å². The first-order chi connectivity index (χ1) is 8.86. The van der Waals surface area contributed by atoms with Crippen LogP contribution in [0, 0.1) is 17.0 Å². The van der Waals surface area contributed by atoms with Crippen LogP contribution in [-0.2, 0) is 4.79 Å². The van der Waals surface area contributed by atoms with Crippen molar-refractivity contribution in [2.75, 3.05) is 0 Å². The largest absolute Gasteiger partial charge is 0.480 e. The van der Waals surface area contributed by atoms with Gasteiger partial charge in [-0.05, 0) is 19.4 Å². The van der Waals surface area contributed by atoms with Crippen LogP contribution in [0.2, 0.25) is 0 Å². The number of carboxylic acid groups (broad SMARTS) is 1. The normalized spacial score (nSPS) is 11.7. The number of nitro groups is 1. The summed E-state index contributed by atoms with van der Waals surface area (Å²) in [4.78, 5) is 32.8. The van der Waals surface area contributed by atoms with Gasteiger partial charge in [-0.1, -0.05) is 13.0 Å². The van der Waals surface area contributed by atoms with Gasteiger partial charge in [-0.15, -0.1) is 0 Å². The van der Waals surface area contributed by atoms with Gasteiger partial charge in [0, 0.05) is 17.2 Å². The van der Waals surface area contributed by atoms with Gasteiger partial charge in [-0.2, -0.15) is 0 Å². The van der Waals surface area contributed by atoms with Gasteiger partial charge in [-0.25, -0.2) is 4.79 Å². The van der Waals surface area contributed by atoms with E-state index < -0.39 is 22.8 Å². The Morgan fingerprint density at radius 3 is 2.58 bits per heavy atom. The van der Waals surface area contributed by atoms with Crippen molar-refractivity contribution < 1.29 is 19.6 Å². The standard InChI is InChI=1S/C12H14N2O5/c1-3-9(12(16)17)13-11(15)8-5-4-7(2)10(6-8)14(18)19/h4-6,9H,3H2,1-2H3,(H,13,15)(H,16,17). The predicted octanol–water partition coefficient (Wildman–Crippen LogP) is 1.50. The van der Waals surface area contributed by atoms with Crippen molar-refractivity contribution in [3.05, 3.63) is 39.4 Å². The Morgan fingerprint density at radius 1 is 1.47 bits per heavy atom. The molecule has 1 atom stereocenters. The number of aliphatic carboxylic acids is 1. The minimum Gasteiger partial charge on any atom is -0.480 e. The number of amides is 1. The molecular weight excluding hydrogens is 252 g/mol. The summed E-state index contributed by atoms with van der Waals surface area (Å²) >= 11 is 0. The maximum Gasteiger partial charge on any atom is 0.326 e. The highest BCUT2D eigenvalue weighted by atomic mass is 16.6. The van der Waals surface area contributed by atoms with Crippen molar-refractivity contribution >= 4 is 17.6 Å². The molecule has 0 bridgehead atoms. The number of nitrogens with zero attached hydrogens (tertiary/aromatic N) is 1. The molecule has 0 fully saturated rings. The molecule has 0 radical (unpaired) electrons. The molecule has 7 heteroatoms. The first-order valence-corrected chi connectivity index (χ1v) is 5.65. The average molecular weight is 266 g/mol. The van der Waals surface area contributed by atoms with Gasteiger partial charge in [0.2, 0.25) is 0 Å². The molecule has 0 aliphatic heterocycles. The second-order valence-electron chi connectivity index (χ2n) is 4.03. The van der Waals surface area contributed by atoms with Gasteiger partial charge in [0.05, 0.1) is 4.92 Å². The third-order valence-electron chi connectivity index (χ3n) is 2.68. The van der Waals surface area contributed by atoms with Gasteiger partial charge in [0.1, 0.15) is 6.04 Å². The van der Waals surface area contributed by atoms with Crippen molar-refractivity contribution in [1.29, 1.82) is 0 Å². The van der Waals surface area contributed by atoms with E-state index in [9.17, 15) is 19.7 Å². The van der Waals surface area contributed by atoms with E-state index in [2.05, 4.69) is 5.32 Å². The maximum atomic E-state index is 11.8. The average Bonchev–Trinajstić information content (AvgIpc) is 2.35. The predicted molar refractivity (Wildman–Crippen MR) is 67.0 cm³/mol. The topological polar surface area (TPSA) is 110 Å². The molecular formula is C12H14N2O5.